The third-order valence-electron chi connectivity index (χ3n) is 13.3. The second kappa shape index (κ2) is 21.8. The van der Waals surface area contributed by atoms with Gasteiger partial charge in [0.05, 0.1) is 6.10 Å². The fraction of sp³-hybridized carbons (Fsp3) is 0.592. The normalized spacial score (nSPS) is 30.8. The molecule has 5 aliphatic rings. The molecule has 0 spiro atoms. The van der Waals surface area contributed by atoms with Crippen molar-refractivity contribution in [2.24, 2.45) is 41.4 Å². The van der Waals surface area contributed by atoms with Crippen LogP contribution in [0.4, 0.5) is 0 Å². The first-order valence-electron chi connectivity index (χ1n) is 21.7. The van der Waals surface area contributed by atoms with E-state index in [1.807, 2.05) is 12.2 Å². The molecule has 59 heavy (non-hydrogen) atoms. The van der Waals surface area contributed by atoms with Crippen LogP contribution >= 0.6 is 0 Å². The molecule has 5 aliphatic heterocycles. The minimum absolute atomic E-state index is 0. The van der Waals surface area contributed by atoms with Crippen LogP contribution in [0.15, 0.2) is 106 Å². The molecule has 0 aromatic rings. The van der Waals surface area contributed by atoms with Gasteiger partial charge in [0.15, 0.2) is 0 Å². The maximum atomic E-state index is 12.0. The predicted molar refractivity (Wildman–Crippen MR) is 236 cm³/mol. The number of aliphatic hydroxyl groups excluding tert-OH is 1. The number of carbonyl (C=O) groups is 2. The van der Waals surface area contributed by atoms with Crippen molar-refractivity contribution in [1.82, 2.24) is 0 Å². The summed E-state index contributed by atoms with van der Waals surface area (Å²) in [4.78, 5) is 23.5. The molecule has 0 radical (unpaired) electrons. The van der Waals surface area contributed by atoms with Gasteiger partial charge in [0.25, 0.3) is 0 Å². The number of aliphatic carboxylic acids is 2. The second-order valence-electron chi connectivity index (χ2n) is 17.8. The van der Waals surface area contributed by atoms with Gasteiger partial charge in [0, 0.05) is 12.8 Å². The van der Waals surface area contributed by atoms with Crippen LogP contribution in [-0.2, 0) is 26.7 Å². The van der Waals surface area contributed by atoms with Crippen LogP contribution in [0, 0.1) is 41.4 Å². The van der Waals surface area contributed by atoms with Crippen molar-refractivity contribution in [3.8, 4) is 0 Å². The fourth-order valence-corrected chi connectivity index (χ4v) is 9.62. The molecular formula is C49H68FeN4O5. The van der Waals surface area contributed by atoms with Crippen molar-refractivity contribution < 1.29 is 42.0 Å². The Morgan fingerprint density at radius 2 is 1.36 bits per heavy atom. The van der Waals surface area contributed by atoms with Crippen molar-refractivity contribution >= 4 is 11.9 Å². The maximum absolute atomic E-state index is 12.0. The van der Waals surface area contributed by atoms with Gasteiger partial charge in [-0.05, 0) is 115 Å². The smallest absolute Gasteiger partial charge is 0.682 e. The van der Waals surface area contributed by atoms with Crippen molar-refractivity contribution in [2.75, 3.05) is 0 Å². The Labute approximate surface area is 365 Å². The molecule has 3 fully saturated rings. The summed E-state index contributed by atoms with van der Waals surface area (Å²) in [6.45, 7) is 21.4. The van der Waals surface area contributed by atoms with Crippen LogP contribution in [-0.4, -0.2) is 51.5 Å². The van der Waals surface area contributed by atoms with Gasteiger partial charge >= 0.3 is 29.0 Å². The first-order chi connectivity index (χ1) is 27.6. The Bertz CT molecular complexity index is 1800. The summed E-state index contributed by atoms with van der Waals surface area (Å²) in [6.07, 6.45) is 23.3. The van der Waals surface area contributed by atoms with Gasteiger partial charge in [-0.2, -0.15) is 22.8 Å². The Hall–Kier alpha value is -3.56. The predicted octanol–water partition coefficient (Wildman–Crippen LogP) is 12.3. The van der Waals surface area contributed by atoms with Crippen molar-refractivity contribution in [1.29, 1.82) is 0 Å². The molecule has 0 aromatic heterocycles. The average Bonchev–Trinajstić information content (AvgIpc) is 3.82. The van der Waals surface area contributed by atoms with Crippen molar-refractivity contribution in [3.63, 3.8) is 0 Å². The summed E-state index contributed by atoms with van der Waals surface area (Å²) in [6, 6.07) is -0.761. The standard InChI is InChI=1S/C49H68N4O5.Fe/c1-10-35-31(6)40-26-45-49(46(54)19-13-18-30(5)17-12-16-29(4)15-11-14-28(2)3)34(9)41(53-45)24-38-32(7)36(20-22-47(55)56)43(51-38)27-44-37(21-23-48(57)58)33(8)39(52-44)25-42(35)50-40;/h10,14,16,18,24-27,31-34,36-37,41,43,45-46,49,54H,1,11-13,15,17,19-23H2,2-9H3,(H,55,56)(H,57,58);/q-4;+4. The Balaban J connectivity index is 0.00000769. The number of hydrogen-bond acceptors (Lipinski definition) is 3. The van der Waals surface area contributed by atoms with Crippen LogP contribution in [0.5, 0.6) is 0 Å². The van der Waals surface area contributed by atoms with E-state index in [4.69, 9.17) is 21.3 Å². The zero-order chi connectivity index (χ0) is 42.3. The molecule has 5 heterocycles. The molecule has 11 unspecified atom stereocenters. The largest absolute Gasteiger partial charge is 4.00 e. The number of carboxylic acid groups (broad SMARTS) is 2. The molecule has 8 bridgehead atoms. The molecule has 11 atom stereocenters. The first-order valence-corrected chi connectivity index (χ1v) is 21.7. The van der Waals surface area contributed by atoms with Gasteiger partial charge in [-0.25, -0.2) is 0 Å². The van der Waals surface area contributed by atoms with Gasteiger partial charge in [-0.1, -0.05) is 98.9 Å². The molecule has 3 saturated heterocycles. The van der Waals surface area contributed by atoms with E-state index in [0.717, 1.165) is 66.2 Å². The fourth-order valence-electron chi connectivity index (χ4n) is 9.62. The number of allylic oxidation sites excluding steroid dienone is 12. The molecule has 5 rings (SSSR count). The monoisotopic (exact) mass is 848 g/mol. The van der Waals surface area contributed by atoms with E-state index < -0.39 is 18.0 Å². The van der Waals surface area contributed by atoms with Crippen LogP contribution in [0.1, 0.15) is 120 Å². The Morgan fingerprint density at radius 1 is 0.746 bits per heavy atom. The third-order valence-corrected chi connectivity index (χ3v) is 13.3. The van der Waals surface area contributed by atoms with Gasteiger partial charge in [-0.15, -0.1) is 36.0 Å². The molecule has 0 amide bonds. The van der Waals surface area contributed by atoms with Crippen LogP contribution in [0.25, 0.3) is 21.3 Å². The van der Waals surface area contributed by atoms with E-state index in [9.17, 15) is 24.9 Å². The summed E-state index contributed by atoms with van der Waals surface area (Å²) in [5, 5.41) is 52.2. The summed E-state index contributed by atoms with van der Waals surface area (Å²) in [5.74, 6) is -2.04. The number of rotatable bonds is 17. The summed E-state index contributed by atoms with van der Waals surface area (Å²) in [5.41, 5.74) is 9.39. The van der Waals surface area contributed by atoms with E-state index in [2.05, 4.69) is 98.4 Å². The van der Waals surface area contributed by atoms with E-state index in [0.29, 0.717) is 19.3 Å². The average molecular weight is 849 g/mol. The quantitative estimate of drug-likeness (QED) is 0.0983. The van der Waals surface area contributed by atoms with Crippen LogP contribution in [0.3, 0.4) is 0 Å². The molecule has 3 N–H and O–H groups in total. The zero-order valence-electron chi connectivity index (χ0n) is 36.5. The van der Waals surface area contributed by atoms with E-state index in [-0.39, 0.29) is 89.5 Å². The van der Waals surface area contributed by atoms with E-state index in [1.54, 1.807) is 0 Å². The van der Waals surface area contributed by atoms with Gasteiger partial charge < -0.3 is 36.6 Å². The van der Waals surface area contributed by atoms with E-state index >= 15 is 0 Å². The number of fused-ring (bicyclic) bond motifs is 8. The second-order valence-corrected chi connectivity index (χ2v) is 17.8. The van der Waals surface area contributed by atoms with Gasteiger partial charge in [0.1, 0.15) is 0 Å². The molecule has 0 aliphatic carbocycles. The molecule has 0 aromatic carbocycles. The number of hydrogen-bond donors (Lipinski definition) is 3. The molecule has 9 nitrogen and oxygen atoms in total. The Morgan fingerprint density at radius 3 is 2.00 bits per heavy atom. The van der Waals surface area contributed by atoms with Gasteiger partial charge in [-0.3, -0.25) is 9.59 Å². The molecule has 0 saturated carbocycles. The molecule has 10 heteroatoms. The van der Waals surface area contributed by atoms with Crippen molar-refractivity contribution in [2.45, 2.75) is 144 Å². The summed E-state index contributed by atoms with van der Waals surface area (Å²) >= 11 is 0. The van der Waals surface area contributed by atoms with Crippen molar-refractivity contribution in [3.05, 3.63) is 127 Å². The molecule has 322 valence electrons. The Kier molecular flexibility index (Phi) is 17.8. The minimum Gasteiger partial charge on any atom is -0.682 e. The van der Waals surface area contributed by atoms with Crippen LogP contribution in [0.2, 0.25) is 0 Å². The summed E-state index contributed by atoms with van der Waals surface area (Å²) < 4.78 is 0. The SMILES string of the molecule is C=CC1=C2C=C3[N-]C(=CC4[N-]C(=CC5[N-]C(C=C([N-]2)C1C)C(C(O)CCC=C(C)CCC=C(C)CCC=C(C)C)C5C)C(C)C4CCC(=O)O)C(CCC(=O)O)C3C.[Fe+4]. The topological polar surface area (TPSA) is 151 Å². The first kappa shape index (κ1) is 48.1. The number of carboxylic acids is 2. The molecular weight excluding hydrogens is 780 g/mol. The number of nitrogens with zero attached hydrogens (tertiary/aromatic N) is 4. The minimum atomic E-state index is -0.847. The van der Waals surface area contributed by atoms with E-state index in [1.165, 1.54) is 16.7 Å². The summed E-state index contributed by atoms with van der Waals surface area (Å²) in [7, 11) is 0. The third kappa shape index (κ3) is 12.3. The van der Waals surface area contributed by atoms with Gasteiger partial charge in [0.2, 0.25) is 0 Å². The maximum Gasteiger partial charge on any atom is 4.00 e. The number of aliphatic hydroxyl groups is 1. The zero-order valence-corrected chi connectivity index (χ0v) is 37.7. The van der Waals surface area contributed by atoms with Crippen LogP contribution < -0.4 is 0 Å².